The molecular weight excluding hydrogens is 323 g/mol. The van der Waals surface area contributed by atoms with Crippen LogP contribution < -0.4 is 4.90 Å². The normalized spacial score (nSPS) is 19.6. The van der Waals surface area contributed by atoms with E-state index in [1.165, 1.54) is 23.4 Å². The Labute approximate surface area is 148 Å². The maximum absolute atomic E-state index is 13.0. The predicted octanol–water partition coefficient (Wildman–Crippen LogP) is 5.95. The molecule has 1 aliphatic rings. The molecule has 24 heavy (non-hydrogen) atoms. The number of halogens is 2. The Hall–Kier alpha value is -1.87. The van der Waals surface area contributed by atoms with Crippen LogP contribution in [0.15, 0.2) is 41.4 Å². The van der Waals surface area contributed by atoms with Crippen molar-refractivity contribution in [2.45, 2.75) is 38.6 Å². The van der Waals surface area contributed by atoms with Crippen LogP contribution in [0.4, 0.5) is 15.8 Å². The first-order chi connectivity index (χ1) is 11.3. The van der Waals surface area contributed by atoms with Crippen molar-refractivity contribution in [1.82, 2.24) is 0 Å². The first-order valence-corrected chi connectivity index (χ1v) is 8.52. The summed E-state index contributed by atoms with van der Waals surface area (Å²) in [4.78, 5) is 6.71. The molecule has 2 aromatic rings. The van der Waals surface area contributed by atoms with Gasteiger partial charge in [0, 0.05) is 30.1 Å². The molecule has 2 nitrogen and oxygen atoms in total. The van der Waals surface area contributed by atoms with Crippen molar-refractivity contribution in [3.05, 3.63) is 58.4 Å². The number of anilines is 1. The lowest BCUT2D eigenvalue weighted by molar-refractivity contribution is 0.395. The summed E-state index contributed by atoms with van der Waals surface area (Å²) in [5, 5.41) is 0.677. The lowest BCUT2D eigenvalue weighted by Crippen LogP contribution is -2.45. The maximum Gasteiger partial charge on any atom is 0.123 e. The molecule has 1 atom stereocenters. The van der Waals surface area contributed by atoms with Crippen LogP contribution in [0, 0.1) is 5.82 Å². The fourth-order valence-corrected chi connectivity index (χ4v) is 3.58. The van der Waals surface area contributed by atoms with Gasteiger partial charge in [0.2, 0.25) is 0 Å². The molecule has 0 saturated heterocycles. The van der Waals surface area contributed by atoms with E-state index >= 15 is 0 Å². The molecule has 0 unspecified atom stereocenters. The van der Waals surface area contributed by atoms with E-state index < -0.39 is 0 Å². The monoisotopic (exact) mass is 344 g/mol. The van der Waals surface area contributed by atoms with Crippen molar-refractivity contribution < 1.29 is 4.39 Å². The molecule has 2 aromatic carbocycles. The number of fused-ring (bicyclic) bond motifs is 1. The average Bonchev–Trinajstić information content (AvgIpc) is 2.52. The summed E-state index contributed by atoms with van der Waals surface area (Å²) >= 11 is 6.48. The summed E-state index contributed by atoms with van der Waals surface area (Å²) in [6.07, 6.45) is 2.84. The maximum atomic E-state index is 13.0. The van der Waals surface area contributed by atoms with Gasteiger partial charge in [-0.05, 0) is 68.1 Å². The lowest BCUT2D eigenvalue weighted by atomic mass is 9.80. The Morgan fingerprint density at radius 1 is 1.25 bits per heavy atom. The highest BCUT2D eigenvalue weighted by Crippen LogP contribution is 2.44. The van der Waals surface area contributed by atoms with Gasteiger partial charge >= 0.3 is 0 Å². The summed E-state index contributed by atoms with van der Waals surface area (Å²) < 4.78 is 13.0. The Balaban J connectivity index is 1.97. The molecule has 1 heterocycles. The van der Waals surface area contributed by atoms with Crippen molar-refractivity contribution in [1.29, 1.82) is 0 Å². The van der Waals surface area contributed by atoms with Crippen molar-refractivity contribution >= 4 is 29.2 Å². The Morgan fingerprint density at radius 2 is 1.92 bits per heavy atom. The number of aliphatic imine (C=N–C) groups is 1. The van der Waals surface area contributed by atoms with Gasteiger partial charge < -0.3 is 4.90 Å². The van der Waals surface area contributed by atoms with Crippen LogP contribution >= 0.6 is 11.6 Å². The number of hydrogen-bond acceptors (Lipinski definition) is 2. The molecule has 0 spiro atoms. The van der Waals surface area contributed by atoms with Crippen LogP contribution in [-0.4, -0.2) is 18.8 Å². The minimum atomic E-state index is -0.264. The molecule has 0 N–H and O–H groups in total. The zero-order valence-corrected chi connectivity index (χ0v) is 15.2. The van der Waals surface area contributed by atoms with Crippen LogP contribution in [-0.2, 0) is 0 Å². The molecular formula is C20H22ClFN2. The molecule has 0 amide bonds. The largest absolute Gasteiger partial charge is 0.369 e. The van der Waals surface area contributed by atoms with E-state index in [4.69, 9.17) is 11.6 Å². The quantitative estimate of drug-likeness (QED) is 0.614. The number of hydrogen-bond donors (Lipinski definition) is 0. The van der Waals surface area contributed by atoms with E-state index in [0.717, 1.165) is 12.0 Å². The third kappa shape index (κ3) is 3.18. The predicted molar refractivity (Wildman–Crippen MR) is 101 cm³/mol. The highest BCUT2D eigenvalue weighted by atomic mass is 35.5. The Kier molecular flexibility index (Phi) is 4.39. The zero-order valence-electron chi connectivity index (χ0n) is 14.5. The SMILES string of the molecule is C[C@@H]1CC(C)(C)N(C)c2cc(Cl)c(C=Nc3ccc(F)cc3)cc21. The third-order valence-corrected chi connectivity index (χ3v) is 5.26. The number of rotatable bonds is 2. The van der Waals surface area contributed by atoms with Crippen LogP contribution in [0.25, 0.3) is 0 Å². The average molecular weight is 345 g/mol. The van der Waals surface area contributed by atoms with Gasteiger partial charge in [0.15, 0.2) is 0 Å². The van der Waals surface area contributed by atoms with E-state index in [9.17, 15) is 4.39 Å². The van der Waals surface area contributed by atoms with Crippen molar-refractivity contribution in [2.24, 2.45) is 4.99 Å². The van der Waals surface area contributed by atoms with Crippen LogP contribution in [0.1, 0.15) is 44.2 Å². The van der Waals surface area contributed by atoms with Gasteiger partial charge in [0.05, 0.1) is 10.7 Å². The molecule has 1 aliphatic heterocycles. The number of benzene rings is 2. The highest BCUT2D eigenvalue weighted by molar-refractivity contribution is 6.33. The Bertz CT molecular complexity index is 781. The molecule has 3 rings (SSSR count). The van der Waals surface area contributed by atoms with Crippen LogP contribution in [0.2, 0.25) is 5.02 Å². The topological polar surface area (TPSA) is 15.6 Å². The fraction of sp³-hybridized carbons (Fsp3) is 0.350. The summed E-state index contributed by atoms with van der Waals surface area (Å²) in [5.41, 5.74) is 4.18. The van der Waals surface area contributed by atoms with E-state index in [2.05, 4.69) is 43.8 Å². The van der Waals surface area contributed by atoms with Gasteiger partial charge in [-0.1, -0.05) is 18.5 Å². The minimum Gasteiger partial charge on any atom is -0.369 e. The summed E-state index contributed by atoms with van der Waals surface area (Å²) in [7, 11) is 2.12. The van der Waals surface area contributed by atoms with E-state index in [-0.39, 0.29) is 11.4 Å². The van der Waals surface area contributed by atoms with Gasteiger partial charge in [-0.25, -0.2) is 4.39 Å². The lowest BCUT2D eigenvalue weighted by Gasteiger charge is -2.45. The summed E-state index contributed by atoms with van der Waals surface area (Å²) in [6, 6.07) is 10.3. The van der Waals surface area contributed by atoms with E-state index in [1.54, 1.807) is 18.3 Å². The molecule has 0 radical (unpaired) electrons. The molecule has 0 bridgehead atoms. The molecule has 126 valence electrons. The highest BCUT2D eigenvalue weighted by Gasteiger charge is 2.34. The molecule has 0 saturated carbocycles. The first-order valence-electron chi connectivity index (χ1n) is 8.15. The van der Waals surface area contributed by atoms with Crippen molar-refractivity contribution in [2.75, 3.05) is 11.9 Å². The van der Waals surface area contributed by atoms with Crippen molar-refractivity contribution in [3.8, 4) is 0 Å². The standard InChI is InChI=1S/C20H22ClFN2/c1-13-11-20(2,3)24(4)19-10-18(21)14(9-17(13)19)12-23-16-7-5-15(22)6-8-16/h5-10,12-13H,11H2,1-4H3/t13-/m1/s1. The third-order valence-electron chi connectivity index (χ3n) is 4.93. The minimum absolute atomic E-state index is 0.111. The van der Waals surface area contributed by atoms with Gasteiger partial charge in [-0.15, -0.1) is 0 Å². The van der Waals surface area contributed by atoms with E-state index in [0.29, 0.717) is 16.6 Å². The van der Waals surface area contributed by atoms with E-state index in [1.807, 2.05) is 6.07 Å². The van der Waals surface area contributed by atoms with Gasteiger partial charge in [0.25, 0.3) is 0 Å². The van der Waals surface area contributed by atoms with Crippen LogP contribution in [0.3, 0.4) is 0 Å². The van der Waals surface area contributed by atoms with Gasteiger partial charge in [-0.2, -0.15) is 0 Å². The Morgan fingerprint density at radius 3 is 2.58 bits per heavy atom. The second kappa shape index (κ2) is 6.21. The summed E-state index contributed by atoms with van der Waals surface area (Å²) in [6.45, 7) is 6.76. The smallest absolute Gasteiger partial charge is 0.123 e. The number of nitrogens with zero attached hydrogens (tertiary/aromatic N) is 2. The molecule has 4 heteroatoms. The zero-order chi connectivity index (χ0) is 17.5. The molecule has 0 fully saturated rings. The second-order valence-corrected chi connectivity index (χ2v) is 7.55. The van der Waals surface area contributed by atoms with Gasteiger partial charge in [-0.3, -0.25) is 4.99 Å². The summed E-state index contributed by atoms with van der Waals surface area (Å²) in [5.74, 6) is 0.196. The van der Waals surface area contributed by atoms with Gasteiger partial charge in [0.1, 0.15) is 5.82 Å². The van der Waals surface area contributed by atoms with Crippen LogP contribution in [0.5, 0.6) is 0 Å². The second-order valence-electron chi connectivity index (χ2n) is 7.14. The fourth-order valence-electron chi connectivity index (χ4n) is 3.37. The van der Waals surface area contributed by atoms with Crippen molar-refractivity contribution in [3.63, 3.8) is 0 Å². The first kappa shape index (κ1) is 17.0. The molecule has 0 aromatic heterocycles. The molecule has 0 aliphatic carbocycles.